The van der Waals surface area contributed by atoms with Crippen LogP contribution < -0.4 is 0 Å². The Morgan fingerprint density at radius 2 is 2.20 bits per heavy atom. The third kappa shape index (κ3) is 2.65. The molecule has 0 spiro atoms. The van der Waals surface area contributed by atoms with Crippen LogP contribution in [-0.4, -0.2) is 11.7 Å². The van der Waals surface area contributed by atoms with E-state index in [1.165, 1.54) is 0 Å². The second kappa shape index (κ2) is 5.00. The zero-order valence-corrected chi connectivity index (χ0v) is 6.59. The second-order valence-corrected chi connectivity index (χ2v) is 2.06. The Bertz CT molecular complexity index is 164. The molecule has 0 rings (SSSR count). The molecule has 0 aromatic heterocycles. The summed E-state index contributed by atoms with van der Waals surface area (Å²) in [4.78, 5) is 0. The molecule has 0 amide bonds. The Balaban J connectivity index is 4.35. The summed E-state index contributed by atoms with van der Waals surface area (Å²) < 4.78 is 0. The number of aliphatic hydroxyl groups is 1. The van der Waals surface area contributed by atoms with E-state index in [1.54, 1.807) is 6.08 Å². The van der Waals surface area contributed by atoms with E-state index < -0.39 is 0 Å². The van der Waals surface area contributed by atoms with Crippen LogP contribution >= 0.6 is 0 Å². The topological polar surface area (TPSA) is 20.2 Å². The van der Waals surface area contributed by atoms with Crippen molar-refractivity contribution in [1.82, 2.24) is 0 Å². The van der Waals surface area contributed by atoms with Crippen molar-refractivity contribution in [3.05, 3.63) is 36.0 Å². The van der Waals surface area contributed by atoms with Crippen molar-refractivity contribution in [2.24, 2.45) is 0 Å². The molecule has 0 radical (unpaired) electrons. The summed E-state index contributed by atoms with van der Waals surface area (Å²) in [6.07, 6.45) is 5.46. The first-order valence-electron chi connectivity index (χ1n) is 3.32. The molecule has 0 atom stereocenters. The van der Waals surface area contributed by atoms with Crippen LogP contribution in [0.25, 0.3) is 0 Å². The van der Waals surface area contributed by atoms with E-state index in [-0.39, 0.29) is 6.61 Å². The fourth-order valence-electron chi connectivity index (χ4n) is 0.637. The lowest BCUT2D eigenvalue weighted by molar-refractivity contribution is 0.333. The summed E-state index contributed by atoms with van der Waals surface area (Å²) in [5.41, 5.74) is 2.03. The highest BCUT2D eigenvalue weighted by Gasteiger charge is 1.93. The van der Waals surface area contributed by atoms with Crippen LogP contribution in [0.3, 0.4) is 0 Å². The molecule has 1 nitrogen and oxygen atoms in total. The first-order valence-corrected chi connectivity index (χ1v) is 3.32. The summed E-state index contributed by atoms with van der Waals surface area (Å²) in [5.74, 6) is 0. The Hall–Kier alpha value is -0.820. The van der Waals surface area contributed by atoms with Gasteiger partial charge in [0.05, 0.1) is 6.61 Å². The highest BCUT2D eigenvalue weighted by Crippen LogP contribution is 2.07. The Morgan fingerprint density at radius 1 is 1.60 bits per heavy atom. The number of hydrogen-bond acceptors (Lipinski definition) is 1. The number of hydrogen-bond donors (Lipinski definition) is 1. The maximum atomic E-state index is 8.80. The lowest BCUT2D eigenvalue weighted by atomic mass is 10.1. The van der Waals surface area contributed by atoms with Crippen LogP contribution in [0.4, 0.5) is 0 Å². The van der Waals surface area contributed by atoms with Crippen molar-refractivity contribution in [1.29, 1.82) is 0 Å². The van der Waals surface area contributed by atoms with Crippen molar-refractivity contribution in [3.8, 4) is 0 Å². The van der Waals surface area contributed by atoms with Crippen LogP contribution in [0.1, 0.15) is 13.8 Å². The van der Waals surface area contributed by atoms with Crippen molar-refractivity contribution >= 4 is 0 Å². The molecule has 0 aliphatic heterocycles. The van der Waals surface area contributed by atoms with Crippen molar-refractivity contribution in [2.75, 3.05) is 6.61 Å². The van der Waals surface area contributed by atoms with E-state index in [9.17, 15) is 0 Å². The van der Waals surface area contributed by atoms with Gasteiger partial charge in [-0.15, -0.1) is 0 Å². The molecule has 56 valence electrons. The maximum Gasteiger partial charge on any atom is 0.0684 e. The normalized spacial score (nSPS) is 13.5. The van der Waals surface area contributed by atoms with Crippen LogP contribution in [0.2, 0.25) is 0 Å². The minimum atomic E-state index is 0.0855. The molecule has 0 aromatic rings. The Kier molecular flexibility index (Phi) is 4.59. The van der Waals surface area contributed by atoms with E-state index in [0.717, 1.165) is 11.1 Å². The summed E-state index contributed by atoms with van der Waals surface area (Å²) in [6, 6.07) is 0. The van der Waals surface area contributed by atoms with Crippen molar-refractivity contribution in [3.63, 3.8) is 0 Å². The van der Waals surface area contributed by atoms with Crippen LogP contribution in [-0.2, 0) is 0 Å². The molecule has 1 heteroatoms. The highest BCUT2D eigenvalue weighted by atomic mass is 16.3. The second-order valence-electron chi connectivity index (χ2n) is 2.06. The Morgan fingerprint density at radius 3 is 2.50 bits per heavy atom. The van der Waals surface area contributed by atoms with Gasteiger partial charge in [0.25, 0.3) is 0 Å². The SMILES string of the molecule is C=C/C=C(CO)\C(C)=C/C. The molecule has 0 saturated carbocycles. The molecule has 0 heterocycles. The lowest BCUT2D eigenvalue weighted by Crippen LogP contribution is -1.90. The first-order chi connectivity index (χ1) is 4.76. The van der Waals surface area contributed by atoms with Gasteiger partial charge < -0.3 is 5.11 Å². The van der Waals surface area contributed by atoms with Gasteiger partial charge in [0.15, 0.2) is 0 Å². The number of rotatable bonds is 3. The summed E-state index contributed by atoms with van der Waals surface area (Å²) >= 11 is 0. The fourth-order valence-corrected chi connectivity index (χ4v) is 0.637. The molecule has 10 heavy (non-hydrogen) atoms. The van der Waals surface area contributed by atoms with Gasteiger partial charge in [0.1, 0.15) is 0 Å². The third-order valence-electron chi connectivity index (χ3n) is 1.43. The minimum Gasteiger partial charge on any atom is -0.392 e. The fraction of sp³-hybridized carbons (Fsp3) is 0.333. The average Bonchev–Trinajstić information content (AvgIpc) is 1.99. The van der Waals surface area contributed by atoms with E-state index in [2.05, 4.69) is 6.58 Å². The van der Waals surface area contributed by atoms with Gasteiger partial charge in [-0.2, -0.15) is 0 Å². The molecular weight excluding hydrogens is 124 g/mol. The molecule has 0 saturated heterocycles. The smallest absolute Gasteiger partial charge is 0.0684 e. The molecule has 0 unspecified atom stereocenters. The van der Waals surface area contributed by atoms with Crippen LogP contribution in [0.5, 0.6) is 0 Å². The van der Waals surface area contributed by atoms with E-state index in [4.69, 9.17) is 5.11 Å². The summed E-state index contributed by atoms with van der Waals surface area (Å²) in [6.45, 7) is 7.55. The van der Waals surface area contributed by atoms with Gasteiger partial charge in [0, 0.05) is 0 Å². The van der Waals surface area contributed by atoms with E-state index >= 15 is 0 Å². The molecule has 0 bridgehead atoms. The lowest BCUT2D eigenvalue weighted by Gasteiger charge is -2.00. The number of allylic oxidation sites excluding steroid dienone is 3. The quantitative estimate of drug-likeness (QED) is 0.592. The van der Waals surface area contributed by atoms with Gasteiger partial charge in [-0.05, 0) is 25.0 Å². The molecular formula is C9H14O. The van der Waals surface area contributed by atoms with Crippen molar-refractivity contribution in [2.45, 2.75) is 13.8 Å². The molecule has 0 aromatic carbocycles. The summed E-state index contributed by atoms with van der Waals surface area (Å²) in [5, 5.41) is 8.80. The van der Waals surface area contributed by atoms with Crippen LogP contribution in [0.15, 0.2) is 36.0 Å². The Labute approximate surface area is 62.4 Å². The maximum absolute atomic E-state index is 8.80. The molecule has 0 fully saturated rings. The van der Waals surface area contributed by atoms with Gasteiger partial charge in [-0.25, -0.2) is 0 Å². The third-order valence-corrected chi connectivity index (χ3v) is 1.43. The van der Waals surface area contributed by atoms with Crippen molar-refractivity contribution < 1.29 is 5.11 Å². The molecule has 0 aliphatic rings. The van der Waals surface area contributed by atoms with Gasteiger partial charge in [0.2, 0.25) is 0 Å². The zero-order valence-electron chi connectivity index (χ0n) is 6.59. The minimum absolute atomic E-state index is 0.0855. The van der Waals surface area contributed by atoms with Crippen LogP contribution in [0, 0.1) is 0 Å². The van der Waals surface area contributed by atoms with Gasteiger partial charge >= 0.3 is 0 Å². The predicted octanol–water partition coefficient (Wildman–Crippen LogP) is 2.06. The number of aliphatic hydroxyl groups excluding tert-OH is 1. The van der Waals surface area contributed by atoms with E-state index in [0.29, 0.717) is 0 Å². The highest BCUT2D eigenvalue weighted by molar-refractivity contribution is 5.31. The standard InChI is InChI=1S/C9H14O/c1-4-6-9(7-10)8(3)5-2/h4-6,10H,1,7H2,2-3H3/b8-5-,9-6-. The largest absolute Gasteiger partial charge is 0.392 e. The first kappa shape index (κ1) is 9.18. The average molecular weight is 138 g/mol. The molecule has 1 N–H and O–H groups in total. The molecule has 0 aliphatic carbocycles. The van der Waals surface area contributed by atoms with Gasteiger partial charge in [-0.1, -0.05) is 24.8 Å². The monoisotopic (exact) mass is 138 g/mol. The van der Waals surface area contributed by atoms with Gasteiger partial charge in [-0.3, -0.25) is 0 Å². The summed E-state index contributed by atoms with van der Waals surface area (Å²) in [7, 11) is 0. The zero-order chi connectivity index (χ0) is 7.98. The predicted molar refractivity (Wildman–Crippen MR) is 44.8 cm³/mol. The van der Waals surface area contributed by atoms with E-state index in [1.807, 2.05) is 26.0 Å².